The molecule has 4 aliphatic rings. The van der Waals surface area contributed by atoms with E-state index in [4.69, 9.17) is 0 Å². The van der Waals surface area contributed by atoms with Crippen LogP contribution < -0.4 is 0 Å². The van der Waals surface area contributed by atoms with E-state index in [9.17, 15) is 0 Å². The molecule has 4 rings (SSSR count). The van der Waals surface area contributed by atoms with Crippen molar-refractivity contribution < 1.29 is 9.96 Å². The molecule has 13 heavy (non-hydrogen) atoms. The number of nitrogens with zero attached hydrogens (tertiary/aromatic N) is 4. The van der Waals surface area contributed by atoms with Crippen molar-refractivity contribution in [2.75, 3.05) is 46.6 Å². The molecular weight excluding hydrogens is 168 g/mol. The smallest absolute Gasteiger partial charge is 0.139 e. The molecule has 5 heteroatoms. The largest absolute Gasteiger partial charge is 0.870 e. The second kappa shape index (κ2) is 2.90. The summed E-state index contributed by atoms with van der Waals surface area (Å²) in [6, 6.07) is 0. The summed E-state index contributed by atoms with van der Waals surface area (Å²) >= 11 is 0. The number of hydrogen-bond acceptors (Lipinski definition) is 4. The highest BCUT2D eigenvalue weighted by atomic mass is 16.0. The molecule has 0 aromatic rings. The highest BCUT2D eigenvalue weighted by Gasteiger charge is 2.47. The maximum absolute atomic E-state index is 2.56. The van der Waals surface area contributed by atoms with E-state index in [0.717, 1.165) is 0 Å². The second-order valence-corrected chi connectivity index (χ2v) is 4.52. The third kappa shape index (κ3) is 1.28. The van der Waals surface area contributed by atoms with E-state index in [1.807, 2.05) is 0 Å². The van der Waals surface area contributed by atoms with Gasteiger partial charge in [0.15, 0.2) is 0 Å². The zero-order valence-electron chi connectivity index (χ0n) is 8.19. The molecule has 0 unspecified atom stereocenters. The monoisotopic (exact) mass is 186 g/mol. The molecule has 0 spiro atoms. The average Bonchev–Trinajstić information content (AvgIpc) is 2.02. The molecule has 4 saturated heterocycles. The van der Waals surface area contributed by atoms with E-state index in [-0.39, 0.29) is 5.48 Å². The fourth-order valence-corrected chi connectivity index (χ4v) is 2.96. The lowest BCUT2D eigenvalue weighted by molar-refractivity contribution is -0.978. The van der Waals surface area contributed by atoms with Crippen molar-refractivity contribution in [3.8, 4) is 0 Å². The third-order valence-electron chi connectivity index (χ3n) is 3.37. The molecule has 0 radical (unpaired) electrons. The Bertz CT molecular complexity index is 173. The molecular formula is C8H18N4O. The molecule has 0 aromatic carbocycles. The SMILES string of the molecule is CC[N+]12CN3CN(CN(C3)C1)C2.[OH-]. The van der Waals surface area contributed by atoms with Crippen LogP contribution in [0.15, 0.2) is 0 Å². The zero-order valence-corrected chi connectivity index (χ0v) is 8.19. The highest BCUT2D eigenvalue weighted by molar-refractivity contribution is 4.73. The Hall–Kier alpha value is -0.200. The molecule has 0 saturated carbocycles. The molecule has 4 bridgehead atoms. The van der Waals surface area contributed by atoms with Gasteiger partial charge in [-0.15, -0.1) is 0 Å². The minimum atomic E-state index is 0. The van der Waals surface area contributed by atoms with Gasteiger partial charge >= 0.3 is 0 Å². The average molecular weight is 186 g/mol. The van der Waals surface area contributed by atoms with E-state index in [0.29, 0.717) is 0 Å². The second-order valence-electron chi connectivity index (χ2n) is 4.52. The zero-order chi connectivity index (χ0) is 8.18. The summed E-state index contributed by atoms with van der Waals surface area (Å²) in [6.07, 6.45) is 0. The van der Waals surface area contributed by atoms with Gasteiger partial charge in [0.05, 0.1) is 26.6 Å². The van der Waals surface area contributed by atoms with E-state index in [2.05, 4.69) is 21.6 Å². The summed E-state index contributed by atoms with van der Waals surface area (Å²) in [6.45, 7) is 11.1. The van der Waals surface area contributed by atoms with Gasteiger partial charge in [0.1, 0.15) is 20.0 Å². The van der Waals surface area contributed by atoms with Gasteiger partial charge in [0, 0.05) is 0 Å². The predicted octanol–water partition coefficient (Wildman–Crippen LogP) is -0.662. The van der Waals surface area contributed by atoms with Crippen molar-refractivity contribution in [2.24, 2.45) is 0 Å². The van der Waals surface area contributed by atoms with Crippen LogP contribution in [0.25, 0.3) is 0 Å². The molecule has 1 N–H and O–H groups in total. The Kier molecular flexibility index (Phi) is 2.08. The van der Waals surface area contributed by atoms with Crippen molar-refractivity contribution in [1.82, 2.24) is 14.7 Å². The molecule has 0 aromatic heterocycles. The first-order chi connectivity index (χ1) is 5.80. The Morgan fingerprint density at radius 2 is 1.31 bits per heavy atom. The van der Waals surface area contributed by atoms with Crippen LogP contribution in [-0.4, -0.2) is 71.2 Å². The molecule has 0 atom stereocenters. The number of quaternary nitrogens is 1. The van der Waals surface area contributed by atoms with Gasteiger partial charge in [-0.25, -0.2) is 14.7 Å². The van der Waals surface area contributed by atoms with Crippen LogP contribution in [0.2, 0.25) is 0 Å². The quantitative estimate of drug-likeness (QED) is 0.510. The highest BCUT2D eigenvalue weighted by Crippen LogP contribution is 2.27. The maximum atomic E-state index is 2.56. The van der Waals surface area contributed by atoms with Crippen LogP contribution in [0, 0.1) is 0 Å². The van der Waals surface area contributed by atoms with Crippen LogP contribution in [0.3, 0.4) is 0 Å². The van der Waals surface area contributed by atoms with Gasteiger partial charge < -0.3 is 5.48 Å². The summed E-state index contributed by atoms with van der Waals surface area (Å²) in [4.78, 5) is 7.67. The molecule has 0 aliphatic carbocycles. The van der Waals surface area contributed by atoms with Crippen molar-refractivity contribution in [1.29, 1.82) is 0 Å². The van der Waals surface area contributed by atoms with Crippen LogP contribution >= 0.6 is 0 Å². The van der Waals surface area contributed by atoms with Crippen molar-refractivity contribution in [3.05, 3.63) is 0 Å². The Balaban J connectivity index is 0.000000653. The van der Waals surface area contributed by atoms with E-state index in [1.165, 1.54) is 51.0 Å². The van der Waals surface area contributed by atoms with Gasteiger partial charge in [-0.05, 0) is 6.92 Å². The lowest BCUT2D eigenvalue weighted by Crippen LogP contribution is -2.79. The summed E-state index contributed by atoms with van der Waals surface area (Å²) in [5.74, 6) is 0. The molecule has 4 aliphatic heterocycles. The van der Waals surface area contributed by atoms with Gasteiger partial charge in [-0.3, -0.25) is 4.48 Å². The first-order valence-electron chi connectivity index (χ1n) is 4.82. The molecule has 4 heterocycles. The predicted molar refractivity (Wildman–Crippen MR) is 47.5 cm³/mol. The van der Waals surface area contributed by atoms with Crippen LogP contribution in [0.5, 0.6) is 0 Å². The lowest BCUT2D eigenvalue weighted by atomic mass is 10.3. The van der Waals surface area contributed by atoms with Gasteiger partial charge in [-0.2, -0.15) is 0 Å². The first-order valence-corrected chi connectivity index (χ1v) is 4.82. The maximum Gasteiger partial charge on any atom is 0.139 e. The summed E-state index contributed by atoms with van der Waals surface area (Å²) < 4.78 is 1.28. The Morgan fingerprint density at radius 1 is 0.923 bits per heavy atom. The molecule has 4 fully saturated rings. The van der Waals surface area contributed by atoms with Crippen LogP contribution in [0.1, 0.15) is 6.92 Å². The lowest BCUT2D eigenvalue weighted by Gasteiger charge is -2.60. The minimum absolute atomic E-state index is 0. The normalized spacial score (nSPS) is 51.9. The molecule has 76 valence electrons. The fraction of sp³-hybridized carbons (Fsp3) is 1.00. The van der Waals surface area contributed by atoms with Gasteiger partial charge in [0.25, 0.3) is 0 Å². The summed E-state index contributed by atoms with van der Waals surface area (Å²) in [5, 5.41) is 0. The molecule has 0 amide bonds. The third-order valence-corrected chi connectivity index (χ3v) is 3.37. The Labute approximate surface area is 79.0 Å². The topological polar surface area (TPSA) is 39.7 Å². The number of hydrogen-bond donors (Lipinski definition) is 0. The van der Waals surface area contributed by atoms with Crippen molar-refractivity contribution >= 4 is 0 Å². The number of rotatable bonds is 1. The Morgan fingerprint density at radius 3 is 1.62 bits per heavy atom. The minimum Gasteiger partial charge on any atom is -0.870 e. The standard InChI is InChI=1S/C8H17N4.H2O/c1-2-12-6-9-3-10(7-12)5-11(4-9)8-12;/h2-8H2,1H3;1H2/q+1;/p-1. The van der Waals surface area contributed by atoms with E-state index in [1.54, 1.807) is 0 Å². The van der Waals surface area contributed by atoms with Gasteiger partial charge in [-0.1, -0.05) is 0 Å². The van der Waals surface area contributed by atoms with E-state index >= 15 is 0 Å². The summed E-state index contributed by atoms with van der Waals surface area (Å²) in [5.41, 5.74) is 0. The van der Waals surface area contributed by atoms with E-state index < -0.39 is 0 Å². The summed E-state index contributed by atoms with van der Waals surface area (Å²) in [7, 11) is 0. The van der Waals surface area contributed by atoms with Gasteiger partial charge in [0.2, 0.25) is 0 Å². The molecule has 5 nitrogen and oxygen atoms in total. The first kappa shape index (κ1) is 9.36. The van der Waals surface area contributed by atoms with Crippen LogP contribution in [-0.2, 0) is 0 Å². The fourth-order valence-electron chi connectivity index (χ4n) is 2.96. The van der Waals surface area contributed by atoms with Crippen LogP contribution in [0.4, 0.5) is 0 Å². The van der Waals surface area contributed by atoms with Crippen molar-refractivity contribution in [3.63, 3.8) is 0 Å². The van der Waals surface area contributed by atoms with Crippen molar-refractivity contribution in [2.45, 2.75) is 6.92 Å².